The van der Waals surface area contributed by atoms with Gasteiger partial charge in [0.25, 0.3) is 17.4 Å². The molecule has 0 atom stereocenters. The van der Waals surface area contributed by atoms with Crippen LogP contribution in [0.15, 0.2) is 59.7 Å². The summed E-state index contributed by atoms with van der Waals surface area (Å²) in [5, 5.41) is 0. The number of ether oxygens (including phenoxy) is 2. The normalized spacial score (nSPS) is 10.3. The van der Waals surface area contributed by atoms with Crippen LogP contribution in [0.1, 0.15) is 17.3 Å². The molecule has 3 rings (SSSR count). The molecule has 0 saturated heterocycles. The van der Waals surface area contributed by atoms with E-state index < -0.39 is 17.4 Å². The van der Waals surface area contributed by atoms with Crippen LogP contribution < -0.4 is 25.9 Å². The number of hydrogen-bond acceptors (Lipinski definition) is 6. The van der Waals surface area contributed by atoms with Gasteiger partial charge in [-0.3, -0.25) is 29.6 Å². The van der Waals surface area contributed by atoms with E-state index in [9.17, 15) is 14.4 Å². The average Bonchev–Trinajstić information content (AvgIpc) is 2.72. The number of nitrogens with one attached hydrogen (secondary N) is 2. The molecule has 0 aliphatic heterocycles. The van der Waals surface area contributed by atoms with Crippen LogP contribution in [0.2, 0.25) is 0 Å². The molecule has 0 bridgehead atoms. The van der Waals surface area contributed by atoms with E-state index in [2.05, 4.69) is 15.8 Å². The predicted octanol–water partition coefficient (Wildman–Crippen LogP) is 0.933. The zero-order chi connectivity index (χ0) is 19.9. The van der Waals surface area contributed by atoms with Crippen LogP contribution in [0.25, 0.3) is 5.65 Å². The van der Waals surface area contributed by atoms with Crippen molar-refractivity contribution in [2.24, 2.45) is 0 Å². The molecule has 0 aliphatic carbocycles. The lowest BCUT2D eigenvalue weighted by molar-refractivity contribution is -0.123. The SMILES string of the molecule is CCOc1ccccc1OCC(=O)NNC(=O)c1cnc2ccccn2c1=O. The summed E-state index contributed by atoms with van der Waals surface area (Å²) in [6.45, 7) is 1.94. The second-order valence-corrected chi connectivity index (χ2v) is 5.58. The lowest BCUT2D eigenvalue weighted by Crippen LogP contribution is -2.45. The molecule has 2 aromatic heterocycles. The highest BCUT2D eigenvalue weighted by Gasteiger charge is 2.14. The van der Waals surface area contributed by atoms with Crippen LogP contribution in [0, 0.1) is 0 Å². The maximum Gasteiger partial charge on any atom is 0.276 e. The molecule has 2 amide bonds. The first-order valence-corrected chi connectivity index (χ1v) is 8.50. The van der Waals surface area contributed by atoms with Gasteiger partial charge in [0.1, 0.15) is 11.2 Å². The Balaban J connectivity index is 1.58. The van der Waals surface area contributed by atoms with Gasteiger partial charge >= 0.3 is 0 Å². The van der Waals surface area contributed by atoms with E-state index in [1.165, 1.54) is 10.6 Å². The van der Waals surface area contributed by atoms with Gasteiger partial charge in [0.15, 0.2) is 18.1 Å². The van der Waals surface area contributed by atoms with E-state index in [0.717, 1.165) is 6.20 Å². The number of nitrogens with zero attached hydrogens (tertiary/aromatic N) is 2. The molecule has 0 saturated carbocycles. The highest BCUT2D eigenvalue weighted by Crippen LogP contribution is 2.26. The first-order chi connectivity index (χ1) is 13.6. The molecular formula is C19H18N4O5. The molecule has 0 radical (unpaired) electrons. The lowest BCUT2D eigenvalue weighted by Gasteiger charge is -2.12. The summed E-state index contributed by atoms with van der Waals surface area (Å²) in [6.07, 6.45) is 2.66. The summed E-state index contributed by atoms with van der Waals surface area (Å²) in [4.78, 5) is 40.5. The van der Waals surface area contributed by atoms with Crippen molar-refractivity contribution in [3.63, 3.8) is 0 Å². The number of carbonyl (C=O) groups excluding carboxylic acids is 2. The molecule has 144 valence electrons. The first-order valence-electron chi connectivity index (χ1n) is 8.50. The molecule has 3 aromatic rings. The zero-order valence-corrected chi connectivity index (χ0v) is 15.0. The van der Waals surface area contributed by atoms with Gasteiger partial charge < -0.3 is 9.47 Å². The van der Waals surface area contributed by atoms with E-state index in [4.69, 9.17) is 9.47 Å². The number of amides is 2. The van der Waals surface area contributed by atoms with Crippen molar-refractivity contribution in [3.05, 3.63) is 70.8 Å². The quantitative estimate of drug-likeness (QED) is 0.614. The van der Waals surface area contributed by atoms with E-state index in [1.807, 2.05) is 6.92 Å². The van der Waals surface area contributed by atoms with Gasteiger partial charge in [0.2, 0.25) is 0 Å². The van der Waals surface area contributed by atoms with Gasteiger partial charge in [0, 0.05) is 12.4 Å². The van der Waals surface area contributed by atoms with Gasteiger partial charge in [-0.2, -0.15) is 0 Å². The molecule has 1 aromatic carbocycles. The Hall–Kier alpha value is -3.88. The minimum atomic E-state index is -0.779. The molecule has 9 nitrogen and oxygen atoms in total. The molecule has 2 heterocycles. The molecular weight excluding hydrogens is 364 g/mol. The van der Waals surface area contributed by atoms with Gasteiger partial charge in [-0.1, -0.05) is 18.2 Å². The molecule has 28 heavy (non-hydrogen) atoms. The molecule has 0 fully saturated rings. The molecule has 9 heteroatoms. The van der Waals surface area contributed by atoms with Crippen LogP contribution in [0.4, 0.5) is 0 Å². The van der Waals surface area contributed by atoms with Gasteiger partial charge in [-0.25, -0.2) is 4.98 Å². The zero-order valence-electron chi connectivity index (χ0n) is 15.0. The summed E-state index contributed by atoms with van der Waals surface area (Å²) in [5.41, 5.74) is 4.04. The summed E-state index contributed by atoms with van der Waals surface area (Å²) >= 11 is 0. The topological polar surface area (TPSA) is 111 Å². The van der Waals surface area contributed by atoms with Gasteiger partial charge in [-0.15, -0.1) is 0 Å². The number of aromatic nitrogens is 2. The largest absolute Gasteiger partial charge is 0.490 e. The second-order valence-electron chi connectivity index (χ2n) is 5.58. The molecule has 0 spiro atoms. The fourth-order valence-corrected chi connectivity index (χ4v) is 2.40. The number of carbonyl (C=O) groups is 2. The van der Waals surface area contributed by atoms with E-state index >= 15 is 0 Å². The maximum atomic E-state index is 12.3. The number of para-hydroxylation sites is 2. The minimum absolute atomic E-state index is 0.202. The van der Waals surface area contributed by atoms with Crippen molar-refractivity contribution in [2.75, 3.05) is 13.2 Å². The Bertz CT molecular complexity index is 1060. The Morgan fingerprint density at radius 2 is 1.75 bits per heavy atom. The van der Waals surface area contributed by atoms with Crippen LogP contribution in [-0.2, 0) is 4.79 Å². The third-order valence-corrected chi connectivity index (χ3v) is 3.68. The average molecular weight is 382 g/mol. The van der Waals surface area contributed by atoms with Crippen molar-refractivity contribution in [1.29, 1.82) is 0 Å². The van der Waals surface area contributed by atoms with Crippen molar-refractivity contribution in [3.8, 4) is 11.5 Å². The fourth-order valence-electron chi connectivity index (χ4n) is 2.40. The third kappa shape index (κ3) is 4.26. The van der Waals surface area contributed by atoms with Crippen molar-refractivity contribution < 1.29 is 19.1 Å². The summed E-state index contributed by atoms with van der Waals surface area (Å²) in [7, 11) is 0. The predicted molar refractivity (Wildman–Crippen MR) is 100 cm³/mol. The molecule has 2 N–H and O–H groups in total. The minimum Gasteiger partial charge on any atom is -0.490 e. The highest BCUT2D eigenvalue weighted by atomic mass is 16.5. The number of hydrogen-bond donors (Lipinski definition) is 2. The fraction of sp³-hybridized carbons (Fsp3) is 0.158. The smallest absolute Gasteiger partial charge is 0.276 e. The second kappa shape index (κ2) is 8.67. The van der Waals surface area contributed by atoms with Crippen molar-refractivity contribution >= 4 is 17.5 Å². The number of hydrazine groups is 1. The number of rotatable bonds is 6. The van der Waals surface area contributed by atoms with Gasteiger partial charge in [0.05, 0.1) is 6.61 Å². The monoisotopic (exact) mass is 382 g/mol. The maximum absolute atomic E-state index is 12.3. The molecule has 0 unspecified atom stereocenters. The van der Waals surface area contributed by atoms with Gasteiger partial charge in [-0.05, 0) is 31.2 Å². The summed E-state index contributed by atoms with van der Waals surface area (Å²) in [6, 6.07) is 11.9. The van der Waals surface area contributed by atoms with Crippen LogP contribution in [0.3, 0.4) is 0 Å². The van der Waals surface area contributed by atoms with Crippen molar-refractivity contribution in [2.45, 2.75) is 6.92 Å². The first kappa shape index (κ1) is 18.9. The van der Waals surface area contributed by atoms with Crippen LogP contribution in [-0.4, -0.2) is 34.4 Å². The Kier molecular flexibility index (Phi) is 5.85. The standard InChI is InChI=1S/C19H18N4O5/c1-2-27-14-7-3-4-8-15(14)28-12-17(24)21-22-18(25)13-11-20-16-9-5-6-10-23(16)19(13)26/h3-11H,2,12H2,1H3,(H,21,24)(H,22,25). The Morgan fingerprint density at radius 3 is 2.50 bits per heavy atom. The van der Waals surface area contributed by atoms with Crippen LogP contribution >= 0.6 is 0 Å². The van der Waals surface area contributed by atoms with Crippen molar-refractivity contribution in [1.82, 2.24) is 20.2 Å². The summed E-state index contributed by atoms with van der Waals surface area (Å²) < 4.78 is 12.0. The van der Waals surface area contributed by atoms with E-state index in [0.29, 0.717) is 23.8 Å². The number of fused-ring (bicyclic) bond motifs is 1. The van der Waals surface area contributed by atoms with E-state index in [-0.39, 0.29) is 12.2 Å². The Morgan fingerprint density at radius 1 is 1.04 bits per heavy atom. The van der Waals surface area contributed by atoms with Crippen LogP contribution in [0.5, 0.6) is 11.5 Å². The number of benzene rings is 1. The summed E-state index contributed by atoms with van der Waals surface area (Å²) in [5.74, 6) is -0.466. The molecule has 0 aliphatic rings. The Labute approximate surface area is 159 Å². The van der Waals surface area contributed by atoms with E-state index in [1.54, 1.807) is 42.5 Å². The highest BCUT2D eigenvalue weighted by molar-refractivity contribution is 5.95. The lowest BCUT2D eigenvalue weighted by atomic mass is 10.3. The number of pyridine rings is 1. The third-order valence-electron chi connectivity index (χ3n) is 3.68.